The number of aliphatic imine (C=N–C) groups is 1. The molecule has 3 aliphatic heterocycles. The number of hydrogen-bond acceptors (Lipinski definition) is 8. The molecule has 9 nitrogen and oxygen atoms in total. The number of amides is 1. The Hall–Kier alpha value is -3.78. The van der Waals surface area contributed by atoms with Gasteiger partial charge in [0.25, 0.3) is 11.9 Å². The van der Waals surface area contributed by atoms with Gasteiger partial charge in [0.15, 0.2) is 12.1 Å². The first-order chi connectivity index (χ1) is 16.3. The molecule has 0 unspecified atom stereocenters. The first-order valence-corrected chi connectivity index (χ1v) is 10.7. The second-order valence-electron chi connectivity index (χ2n) is 8.60. The Labute approximate surface area is 193 Å². The van der Waals surface area contributed by atoms with Crippen molar-refractivity contribution in [3.63, 3.8) is 0 Å². The van der Waals surface area contributed by atoms with Crippen LogP contribution >= 0.6 is 0 Å². The molecule has 176 valence electrons. The van der Waals surface area contributed by atoms with Gasteiger partial charge in [0.1, 0.15) is 23.1 Å². The Bertz CT molecular complexity index is 1220. The molecular formula is C23H21F2N5O4. The monoisotopic (exact) mass is 469 g/mol. The molecular weight excluding hydrogens is 448 g/mol. The SMILES string of the molecule is N#Cc1cccnc1C(=O)Nc1ccc2c(c1)[C@@]1(C[C@@]3(CCCOC3)O2)N=C(N)OCC1(F)F. The van der Waals surface area contributed by atoms with Gasteiger partial charge < -0.3 is 25.3 Å². The van der Waals surface area contributed by atoms with Crippen LogP contribution in [0, 0.1) is 11.3 Å². The summed E-state index contributed by atoms with van der Waals surface area (Å²) in [4.78, 5) is 20.9. The van der Waals surface area contributed by atoms with Gasteiger partial charge in [-0.15, -0.1) is 0 Å². The highest BCUT2D eigenvalue weighted by molar-refractivity contribution is 6.04. The lowest BCUT2D eigenvalue weighted by Crippen LogP contribution is -2.61. The molecule has 5 rings (SSSR count). The molecule has 0 saturated carbocycles. The van der Waals surface area contributed by atoms with Gasteiger partial charge in [-0.05, 0) is 43.2 Å². The molecule has 1 fully saturated rings. The minimum absolute atomic E-state index is 0.0781. The molecule has 2 spiro atoms. The molecule has 0 radical (unpaired) electrons. The van der Waals surface area contributed by atoms with Crippen molar-refractivity contribution in [2.75, 3.05) is 25.1 Å². The molecule has 0 aliphatic carbocycles. The summed E-state index contributed by atoms with van der Waals surface area (Å²) in [7, 11) is 0. The van der Waals surface area contributed by atoms with Crippen molar-refractivity contribution in [2.45, 2.75) is 36.3 Å². The molecule has 2 aromatic rings. The number of alkyl halides is 2. The quantitative estimate of drug-likeness (QED) is 0.691. The first-order valence-electron chi connectivity index (χ1n) is 10.7. The second kappa shape index (κ2) is 7.92. The van der Waals surface area contributed by atoms with E-state index in [0.29, 0.717) is 19.4 Å². The van der Waals surface area contributed by atoms with Crippen LogP contribution in [0.1, 0.15) is 40.9 Å². The molecule has 1 amide bonds. The van der Waals surface area contributed by atoms with E-state index < -0.39 is 29.6 Å². The zero-order valence-electron chi connectivity index (χ0n) is 18.0. The van der Waals surface area contributed by atoms with Crippen LogP contribution in [0.4, 0.5) is 14.5 Å². The molecule has 4 heterocycles. The lowest BCUT2D eigenvalue weighted by atomic mass is 9.71. The summed E-state index contributed by atoms with van der Waals surface area (Å²) in [5.41, 5.74) is 3.03. The van der Waals surface area contributed by atoms with Crippen LogP contribution in [-0.2, 0) is 15.0 Å². The predicted octanol–water partition coefficient (Wildman–Crippen LogP) is 2.71. The fourth-order valence-electron chi connectivity index (χ4n) is 4.78. The summed E-state index contributed by atoms with van der Waals surface area (Å²) in [6, 6.07) is 9.01. The van der Waals surface area contributed by atoms with Gasteiger partial charge in [-0.1, -0.05) is 0 Å². The summed E-state index contributed by atoms with van der Waals surface area (Å²) >= 11 is 0. The van der Waals surface area contributed by atoms with E-state index in [-0.39, 0.29) is 47.3 Å². The van der Waals surface area contributed by atoms with Crippen molar-refractivity contribution >= 4 is 17.6 Å². The third-order valence-electron chi connectivity index (χ3n) is 6.32. The number of carbonyl (C=O) groups is 1. The van der Waals surface area contributed by atoms with E-state index >= 15 is 8.78 Å². The number of benzene rings is 1. The number of anilines is 1. The molecule has 1 saturated heterocycles. The van der Waals surface area contributed by atoms with E-state index in [2.05, 4.69) is 15.3 Å². The van der Waals surface area contributed by atoms with E-state index in [1.165, 1.54) is 36.5 Å². The summed E-state index contributed by atoms with van der Waals surface area (Å²) in [6.45, 7) is -0.260. The Morgan fingerprint density at radius 3 is 2.88 bits per heavy atom. The third kappa shape index (κ3) is 3.51. The number of pyridine rings is 1. The third-order valence-corrected chi connectivity index (χ3v) is 6.32. The molecule has 3 N–H and O–H groups in total. The van der Waals surface area contributed by atoms with Crippen molar-refractivity contribution < 1.29 is 27.8 Å². The van der Waals surface area contributed by atoms with Crippen molar-refractivity contribution in [1.82, 2.24) is 4.98 Å². The van der Waals surface area contributed by atoms with Crippen LogP contribution in [0.5, 0.6) is 5.75 Å². The topological polar surface area (TPSA) is 132 Å². The van der Waals surface area contributed by atoms with E-state index in [9.17, 15) is 10.1 Å². The van der Waals surface area contributed by atoms with E-state index in [0.717, 1.165) is 0 Å². The average Bonchev–Trinajstić information content (AvgIpc) is 2.83. The molecule has 0 bridgehead atoms. The van der Waals surface area contributed by atoms with Crippen LogP contribution in [0.2, 0.25) is 0 Å². The number of aromatic nitrogens is 1. The minimum Gasteiger partial charge on any atom is -0.484 e. The minimum atomic E-state index is -3.41. The number of nitrogens with zero attached hydrogens (tertiary/aromatic N) is 3. The predicted molar refractivity (Wildman–Crippen MR) is 116 cm³/mol. The molecule has 3 aliphatic rings. The first kappa shape index (κ1) is 22.0. The number of nitrogens with two attached hydrogens (primary N) is 1. The molecule has 11 heteroatoms. The standard InChI is InChI=1S/C23H21F2N5O4/c24-23(25)13-33-20(27)30-22(23)11-21(6-2-8-32-12-21)34-17-5-4-15(9-16(17)22)29-19(31)18-14(10-26)3-1-7-28-18/h1,3-5,7,9H,2,6,8,11-13H2,(H2,27,30)(H,29,31)/t21-,22-/m1/s1. The van der Waals surface area contributed by atoms with Gasteiger partial charge >= 0.3 is 5.92 Å². The summed E-state index contributed by atoms with van der Waals surface area (Å²) in [5.74, 6) is -3.85. The molecule has 1 aromatic heterocycles. The van der Waals surface area contributed by atoms with Crippen molar-refractivity contribution in [1.29, 1.82) is 5.26 Å². The van der Waals surface area contributed by atoms with Crippen molar-refractivity contribution in [2.24, 2.45) is 10.7 Å². The largest absolute Gasteiger partial charge is 0.484 e. The lowest BCUT2D eigenvalue weighted by molar-refractivity contribution is -0.170. The zero-order chi connectivity index (χ0) is 24.0. The van der Waals surface area contributed by atoms with Crippen LogP contribution in [0.3, 0.4) is 0 Å². The number of amidine groups is 1. The normalized spacial score (nSPS) is 27.0. The maximum Gasteiger partial charge on any atom is 0.310 e. The molecule has 2 atom stereocenters. The van der Waals surface area contributed by atoms with Gasteiger partial charge in [-0.2, -0.15) is 14.0 Å². The maximum absolute atomic E-state index is 15.6. The summed E-state index contributed by atoms with van der Waals surface area (Å²) in [5, 5.41) is 11.9. The number of nitriles is 1. The highest BCUT2D eigenvalue weighted by Gasteiger charge is 2.65. The second-order valence-corrected chi connectivity index (χ2v) is 8.60. The fourth-order valence-corrected chi connectivity index (χ4v) is 4.78. The van der Waals surface area contributed by atoms with E-state index in [1.807, 2.05) is 6.07 Å². The number of halogens is 2. The Balaban J connectivity index is 1.58. The summed E-state index contributed by atoms with van der Waals surface area (Å²) < 4.78 is 47.8. The Morgan fingerprint density at radius 2 is 2.12 bits per heavy atom. The van der Waals surface area contributed by atoms with Crippen molar-refractivity contribution in [3.8, 4) is 11.8 Å². The van der Waals surface area contributed by atoms with Crippen LogP contribution in [0.15, 0.2) is 41.5 Å². The number of carbonyl (C=O) groups excluding carboxylic acids is 1. The number of fused-ring (bicyclic) bond motifs is 2. The van der Waals surface area contributed by atoms with Crippen LogP contribution in [0.25, 0.3) is 0 Å². The van der Waals surface area contributed by atoms with Gasteiger partial charge in [-0.25, -0.2) is 9.98 Å². The van der Waals surface area contributed by atoms with Gasteiger partial charge in [0.05, 0.1) is 12.2 Å². The average molecular weight is 469 g/mol. The number of rotatable bonds is 2. The Morgan fingerprint density at radius 1 is 1.26 bits per heavy atom. The Kier molecular flexibility index (Phi) is 5.13. The number of nitrogens with one attached hydrogen (secondary N) is 1. The van der Waals surface area contributed by atoms with Crippen LogP contribution in [-0.4, -0.2) is 48.3 Å². The van der Waals surface area contributed by atoms with E-state index in [1.54, 1.807) is 0 Å². The maximum atomic E-state index is 15.6. The van der Waals surface area contributed by atoms with Gasteiger partial charge in [0.2, 0.25) is 0 Å². The van der Waals surface area contributed by atoms with Crippen molar-refractivity contribution in [3.05, 3.63) is 53.3 Å². The van der Waals surface area contributed by atoms with Gasteiger partial charge in [0, 0.05) is 30.5 Å². The number of hydrogen-bond donors (Lipinski definition) is 2. The lowest BCUT2D eigenvalue weighted by Gasteiger charge is -2.51. The highest BCUT2D eigenvalue weighted by Crippen LogP contribution is 2.56. The van der Waals surface area contributed by atoms with Crippen LogP contribution < -0.4 is 15.8 Å². The van der Waals surface area contributed by atoms with E-state index in [4.69, 9.17) is 19.9 Å². The van der Waals surface area contributed by atoms with Gasteiger partial charge in [-0.3, -0.25) is 4.79 Å². The fraction of sp³-hybridized carbons (Fsp3) is 0.391. The number of ether oxygens (including phenoxy) is 3. The molecule has 34 heavy (non-hydrogen) atoms. The molecule has 1 aromatic carbocycles. The zero-order valence-corrected chi connectivity index (χ0v) is 18.0. The summed E-state index contributed by atoms with van der Waals surface area (Å²) in [6.07, 6.45) is 2.40. The smallest absolute Gasteiger partial charge is 0.310 e. The highest BCUT2D eigenvalue weighted by atomic mass is 19.3.